The summed E-state index contributed by atoms with van der Waals surface area (Å²) in [6.45, 7) is 13.9. The van der Waals surface area contributed by atoms with E-state index in [-0.39, 0.29) is 23.1 Å². The Kier molecular flexibility index (Phi) is 26.5. The van der Waals surface area contributed by atoms with Gasteiger partial charge in [-0.25, -0.2) is 0 Å². The minimum atomic E-state index is -3.75. The van der Waals surface area contributed by atoms with Crippen LogP contribution in [0.15, 0.2) is 0 Å². The number of nitrogens with zero attached hydrogens (tertiary/aromatic N) is 1. The number of hydrogen-bond donors (Lipinski definition) is 2. The summed E-state index contributed by atoms with van der Waals surface area (Å²) >= 11 is 0. The van der Waals surface area contributed by atoms with Crippen molar-refractivity contribution in [3.8, 4) is 0 Å². The Morgan fingerprint density at radius 1 is 0.750 bits per heavy atom. The van der Waals surface area contributed by atoms with Crippen LogP contribution in [0.25, 0.3) is 0 Å². The Morgan fingerprint density at radius 3 is 1.33 bits per heavy atom. The SMILES string of the molecule is Br.CCN(CC)CC.[CH2]CCCCCCCCCCCP(=O)(O)O. The van der Waals surface area contributed by atoms with Gasteiger partial charge in [-0.15, -0.1) is 17.0 Å². The molecule has 0 saturated heterocycles. The van der Waals surface area contributed by atoms with Crippen LogP contribution >= 0.6 is 24.6 Å². The molecule has 0 aromatic rings. The molecule has 0 aromatic heterocycles. The molecule has 0 rings (SSSR count). The third-order valence-electron chi connectivity index (χ3n) is 4.04. The lowest BCUT2D eigenvalue weighted by atomic mass is 10.1. The molecular weight excluding hydrogens is 389 g/mol. The second kappa shape index (κ2) is 21.6. The van der Waals surface area contributed by atoms with E-state index >= 15 is 0 Å². The van der Waals surface area contributed by atoms with Gasteiger partial charge in [0.2, 0.25) is 0 Å². The summed E-state index contributed by atoms with van der Waals surface area (Å²) in [5, 5.41) is 0. The van der Waals surface area contributed by atoms with Gasteiger partial charge >= 0.3 is 7.60 Å². The van der Waals surface area contributed by atoms with Crippen molar-refractivity contribution < 1.29 is 14.4 Å². The molecule has 149 valence electrons. The van der Waals surface area contributed by atoms with Crippen LogP contribution in [0.5, 0.6) is 0 Å². The van der Waals surface area contributed by atoms with Crippen molar-refractivity contribution in [2.45, 2.75) is 85.0 Å². The van der Waals surface area contributed by atoms with E-state index in [0.717, 1.165) is 19.3 Å². The average Bonchev–Trinajstić information content (AvgIpc) is 2.50. The minimum Gasteiger partial charge on any atom is -0.324 e. The summed E-state index contributed by atoms with van der Waals surface area (Å²) in [4.78, 5) is 19.7. The number of rotatable bonds is 14. The molecule has 0 saturated carbocycles. The Morgan fingerprint density at radius 2 is 1.08 bits per heavy atom. The molecule has 0 atom stereocenters. The van der Waals surface area contributed by atoms with Gasteiger partial charge in [0.15, 0.2) is 0 Å². The summed E-state index contributed by atoms with van der Waals surface area (Å²) in [6, 6.07) is 0. The molecule has 1 radical (unpaired) electrons. The second-order valence-corrected chi connectivity index (χ2v) is 7.82. The van der Waals surface area contributed by atoms with E-state index in [2.05, 4.69) is 32.6 Å². The van der Waals surface area contributed by atoms with Crippen molar-refractivity contribution >= 4 is 24.6 Å². The summed E-state index contributed by atoms with van der Waals surface area (Å²) in [7, 11) is -3.75. The molecule has 4 nitrogen and oxygen atoms in total. The molecule has 0 aliphatic rings. The number of halogens is 1. The maximum Gasteiger partial charge on any atom is 0.325 e. The Hall–Kier alpha value is 0.590. The van der Waals surface area contributed by atoms with Crippen LogP contribution < -0.4 is 0 Å². The van der Waals surface area contributed by atoms with Crippen LogP contribution in [0.3, 0.4) is 0 Å². The maximum absolute atomic E-state index is 10.6. The first-order chi connectivity index (χ1) is 10.9. The van der Waals surface area contributed by atoms with Gasteiger partial charge in [0.25, 0.3) is 0 Å². The van der Waals surface area contributed by atoms with Gasteiger partial charge in [0, 0.05) is 6.16 Å². The van der Waals surface area contributed by atoms with E-state index in [1.165, 1.54) is 58.2 Å². The van der Waals surface area contributed by atoms with E-state index in [4.69, 9.17) is 9.79 Å². The molecule has 0 unspecified atom stereocenters. The minimum absolute atomic E-state index is 0. The van der Waals surface area contributed by atoms with Gasteiger partial charge in [-0.2, -0.15) is 0 Å². The zero-order valence-corrected chi connectivity index (χ0v) is 18.8. The molecule has 24 heavy (non-hydrogen) atoms. The molecule has 0 aromatic carbocycles. The standard InChI is InChI=1S/C12H26O3P.C6H15N.BrH/c1-2-3-4-5-6-7-8-9-10-11-12-16(13,14)15;1-4-7(5-2)6-3;/h1-12H2,(H2,13,14,15);4-6H2,1-3H3;1H. The number of hydrogen-bond acceptors (Lipinski definition) is 2. The zero-order chi connectivity index (χ0) is 18.0. The Balaban J connectivity index is -0.000000468. The molecule has 0 spiro atoms. The van der Waals surface area contributed by atoms with Crippen molar-refractivity contribution in [1.29, 1.82) is 0 Å². The highest BCUT2D eigenvalue weighted by molar-refractivity contribution is 8.93. The third-order valence-corrected chi connectivity index (χ3v) is 4.94. The van der Waals surface area contributed by atoms with Gasteiger partial charge in [0.1, 0.15) is 0 Å². The Bertz CT molecular complexity index is 265. The van der Waals surface area contributed by atoms with Crippen molar-refractivity contribution in [3.05, 3.63) is 6.92 Å². The average molecular weight is 431 g/mol. The molecule has 6 heteroatoms. The van der Waals surface area contributed by atoms with Crippen molar-refractivity contribution in [2.75, 3.05) is 25.8 Å². The van der Waals surface area contributed by atoms with Crippen LogP contribution in [0, 0.1) is 6.92 Å². The molecule has 0 aliphatic carbocycles. The van der Waals surface area contributed by atoms with Crippen LogP contribution in [0.2, 0.25) is 0 Å². The first kappa shape index (κ1) is 29.4. The fourth-order valence-corrected chi connectivity index (χ4v) is 3.04. The van der Waals surface area contributed by atoms with Crippen LogP contribution in [-0.4, -0.2) is 40.5 Å². The maximum atomic E-state index is 10.6. The Labute approximate surface area is 161 Å². The highest BCUT2D eigenvalue weighted by Crippen LogP contribution is 2.35. The molecule has 0 amide bonds. The van der Waals surface area contributed by atoms with E-state index in [9.17, 15) is 4.57 Å². The van der Waals surface area contributed by atoms with Gasteiger partial charge in [-0.3, -0.25) is 4.57 Å². The zero-order valence-electron chi connectivity index (χ0n) is 16.2. The van der Waals surface area contributed by atoms with Gasteiger partial charge < -0.3 is 14.7 Å². The smallest absolute Gasteiger partial charge is 0.324 e. The predicted octanol–water partition coefficient (Wildman–Crippen LogP) is 5.83. The summed E-state index contributed by atoms with van der Waals surface area (Å²) in [5.41, 5.74) is 0. The van der Waals surface area contributed by atoms with Crippen molar-refractivity contribution in [2.24, 2.45) is 0 Å². The molecule has 0 aliphatic heterocycles. The van der Waals surface area contributed by atoms with Crippen molar-refractivity contribution in [3.63, 3.8) is 0 Å². The first-order valence-electron chi connectivity index (χ1n) is 9.47. The summed E-state index contributed by atoms with van der Waals surface area (Å²) in [6.07, 6.45) is 11.4. The summed E-state index contributed by atoms with van der Waals surface area (Å²) < 4.78 is 10.6. The highest BCUT2D eigenvalue weighted by Gasteiger charge is 2.10. The van der Waals surface area contributed by atoms with E-state index in [1.807, 2.05) is 0 Å². The van der Waals surface area contributed by atoms with Crippen LogP contribution in [-0.2, 0) is 4.57 Å². The van der Waals surface area contributed by atoms with Gasteiger partial charge in [0.05, 0.1) is 0 Å². The molecule has 0 bridgehead atoms. The first-order valence-corrected chi connectivity index (χ1v) is 11.3. The topological polar surface area (TPSA) is 60.8 Å². The summed E-state index contributed by atoms with van der Waals surface area (Å²) in [5.74, 6) is 0. The van der Waals surface area contributed by atoms with E-state index < -0.39 is 7.60 Å². The molecule has 2 N–H and O–H groups in total. The second-order valence-electron chi connectivity index (χ2n) is 6.04. The molecule has 0 fully saturated rings. The quantitative estimate of drug-likeness (QED) is 0.269. The fraction of sp³-hybridized carbons (Fsp3) is 0.944. The number of unbranched alkanes of at least 4 members (excludes halogenated alkanes) is 9. The molecule has 0 heterocycles. The molecular formula is C18H42BrNO3P. The van der Waals surface area contributed by atoms with E-state index in [1.54, 1.807) is 0 Å². The van der Waals surface area contributed by atoms with Gasteiger partial charge in [-0.05, 0) is 26.1 Å². The van der Waals surface area contributed by atoms with Crippen LogP contribution in [0.1, 0.15) is 85.0 Å². The van der Waals surface area contributed by atoms with Crippen LogP contribution in [0.4, 0.5) is 0 Å². The lowest BCUT2D eigenvalue weighted by Gasteiger charge is -2.13. The lowest BCUT2D eigenvalue weighted by Crippen LogP contribution is -2.21. The van der Waals surface area contributed by atoms with Crippen molar-refractivity contribution in [1.82, 2.24) is 4.90 Å². The van der Waals surface area contributed by atoms with E-state index in [0.29, 0.717) is 6.42 Å². The fourth-order valence-electron chi connectivity index (χ4n) is 2.40. The lowest BCUT2D eigenvalue weighted by molar-refractivity contribution is 0.321. The highest BCUT2D eigenvalue weighted by atomic mass is 79.9. The third kappa shape index (κ3) is 27.4. The normalized spacial score (nSPS) is 11.0. The monoisotopic (exact) mass is 430 g/mol. The largest absolute Gasteiger partial charge is 0.325 e. The predicted molar refractivity (Wildman–Crippen MR) is 112 cm³/mol. The van der Waals surface area contributed by atoms with Gasteiger partial charge in [-0.1, -0.05) is 85.5 Å².